The van der Waals surface area contributed by atoms with E-state index in [2.05, 4.69) is 25.6 Å². The number of halogens is 1. The zero-order chi connectivity index (χ0) is 19.3. The molecule has 8 heteroatoms. The SMILES string of the molecule is OCc1cccc(Nc2cc(-n3ccnc3Nc3ccccc3Cl)ncn2)c1. The number of aliphatic hydroxyl groups is 1. The maximum Gasteiger partial charge on any atom is 0.213 e. The third kappa shape index (κ3) is 3.95. The number of rotatable bonds is 6. The van der Waals surface area contributed by atoms with Gasteiger partial charge in [0.15, 0.2) is 0 Å². The van der Waals surface area contributed by atoms with E-state index in [0.717, 1.165) is 16.9 Å². The molecule has 0 aliphatic heterocycles. The third-order valence-corrected chi connectivity index (χ3v) is 4.37. The van der Waals surface area contributed by atoms with Crippen molar-refractivity contribution in [1.82, 2.24) is 19.5 Å². The van der Waals surface area contributed by atoms with Crippen molar-refractivity contribution in [2.45, 2.75) is 6.61 Å². The van der Waals surface area contributed by atoms with E-state index in [9.17, 15) is 5.11 Å². The number of aliphatic hydroxyl groups excluding tert-OH is 1. The maximum absolute atomic E-state index is 9.29. The van der Waals surface area contributed by atoms with Crippen LogP contribution in [0.3, 0.4) is 0 Å². The molecule has 2 aromatic heterocycles. The summed E-state index contributed by atoms with van der Waals surface area (Å²) in [5, 5.41) is 16.3. The Hall–Kier alpha value is -3.42. The van der Waals surface area contributed by atoms with Gasteiger partial charge in [-0.05, 0) is 29.8 Å². The molecule has 0 atom stereocenters. The van der Waals surface area contributed by atoms with E-state index in [1.807, 2.05) is 54.6 Å². The normalized spacial score (nSPS) is 10.6. The average Bonchev–Trinajstić information content (AvgIpc) is 3.18. The van der Waals surface area contributed by atoms with Gasteiger partial charge < -0.3 is 15.7 Å². The van der Waals surface area contributed by atoms with Gasteiger partial charge >= 0.3 is 0 Å². The summed E-state index contributed by atoms with van der Waals surface area (Å²) < 4.78 is 1.81. The van der Waals surface area contributed by atoms with Gasteiger partial charge in [-0.2, -0.15) is 0 Å². The number of benzene rings is 2. The van der Waals surface area contributed by atoms with Crippen molar-refractivity contribution >= 4 is 34.7 Å². The predicted octanol–water partition coefficient (Wildman–Crippen LogP) is 4.30. The van der Waals surface area contributed by atoms with E-state index < -0.39 is 0 Å². The van der Waals surface area contributed by atoms with E-state index >= 15 is 0 Å². The summed E-state index contributed by atoms with van der Waals surface area (Å²) in [5.41, 5.74) is 2.40. The molecule has 3 N–H and O–H groups in total. The third-order valence-electron chi connectivity index (χ3n) is 4.04. The van der Waals surface area contributed by atoms with Crippen LogP contribution in [0.2, 0.25) is 5.02 Å². The molecule has 0 bridgehead atoms. The molecule has 0 aliphatic rings. The van der Waals surface area contributed by atoms with Gasteiger partial charge in [0.2, 0.25) is 5.95 Å². The number of aromatic nitrogens is 4. The van der Waals surface area contributed by atoms with Crippen molar-refractivity contribution in [2.24, 2.45) is 0 Å². The highest BCUT2D eigenvalue weighted by Gasteiger charge is 2.09. The summed E-state index contributed by atoms with van der Waals surface area (Å²) in [6.45, 7) is -0.0172. The monoisotopic (exact) mass is 392 g/mol. The standard InChI is InChI=1S/C20H17ClN6O/c21-16-6-1-2-7-17(16)26-20-22-8-9-27(20)19-11-18(23-13-24-19)25-15-5-3-4-14(10-15)12-28/h1-11,13,28H,12H2,(H,22,26)(H,23,24,25). The van der Waals surface area contributed by atoms with E-state index in [4.69, 9.17) is 11.6 Å². The van der Waals surface area contributed by atoms with Crippen molar-refractivity contribution in [3.8, 4) is 5.82 Å². The molecular weight excluding hydrogens is 376 g/mol. The summed E-state index contributed by atoms with van der Waals surface area (Å²) >= 11 is 6.23. The van der Waals surface area contributed by atoms with Gasteiger partial charge in [-0.3, -0.25) is 4.57 Å². The molecule has 0 spiro atoms. The molecule has 2 aromatic carbocycles. The van der Waals surface area contributed by atoms with Crippen LogP contribution < -0.4 is 10.6 Å². The van der Waals surface area contributed by atoms with Crippen LogP contribution in [0, 0.1) is 0 Å². The maximum atomic E-state index is 9.29. The second kappa shape index (κ2) is 8.08. The Morgan fingerprint density at radius 1 is 0.964 bits per heavy atom. The largest absolute Gasteiger partial charge is 0.392 e. The van der Waals surface area contributed by atoms with Crippen molar-refractivity contribution < 1.29 is 5.11 Å². The number of hydrogen-bond acceptors (Lipinski definition) is 6. The molecule has 0 radical (unpaired) electrons. The molecule has 4 rings (SSSR count). The fraction of sp³-hybridized carbons (Fsp3) is 0.0500. The number of nitrogens with one attached hydrogen (secondary N) is 2. The second-order valence-electron chi connectivity index (χ2n) is 5.97. The van der Waals surface area contributed by atoms with Crippen molar-refractivity contribution in [3.63, 3.8) is 0 Å². The zero-order valence-corrected chi connectivity index (χ0v) is 15.5. The summed E-state index contributed by atoms with van der Waals surface area (Å²) in [6, 6.07) is 16.8. The average molecular weight is 393 g/mol. The van der Waals surface area contributed by atoms with Crippen LogP contribution in [0.25, 0.3) is 5.82 Å². The number of anilines is 4. The highest BCUT2D eigenvalue weighted by molar-refractivity contribution is 6.33. The quantitative estimate of drug-likeness (QED) is 0.453. The Morgan fingerprint density at radius 3 is 2.71 bits per heavy atom. The first-order valence-corrected chi connectivity index (χ1v) is 8.95. The van der Waals surface area contributed by atoms with Crippen molar-refractivity contribution in [2.75, 3.05) is 10.6 Å². The highest BCUT2D eigenvalue weighted by Crippen LogP contribution is 2.25. The Morgan fingerprint density at radius 2 is 1.86 bits per heavy atom. The first-order chi connectivity index (χ1) is 13.7. The number of imidazole rings is 1. The molecule has 0 amide bonds. The van der Waals surface area contributed by atoms with Gasteiger partial charge in [0.1, 0.15) is 18.0 Å². The highest BCUT2D eigenvalue weighted by atomic mass is 35.5. The Bertz CT molecular complexity index is 1100. The van der Waals surface area contributed by atoms with Crippen molar-refractivity contribution in [3.05, 3.63) is 83.9 Å². The molecule has 4 aromatic rings. The Labute approximate surface area is 166 Å². The fourth-order valence-corrected chi connectivity index (χ4v) is 2.89. The van der Waals surface area contributed by atoms with Crippen LogP contribution in [-0.4, -0.2) is 24.6 Å². The minimum absolute atomic E-state index is 0.0172. The molecule has 0 aliphatic carbocycles. The second-order valence-corrected chi connectivity index (χ2v) is 6.38. The minimum atomic E-state index is -0.0172. The topological polar surface area (TPSA) is 87.9 Å². The number of hydrogen-bond donors (Lipinski definition) is 3. The molecule has 28 heavy (non-hydrogen) atoms. The first kappa shape index (κ1) is 18.0. The molecule has 0 unspecified atom stereocenters. The van der Waals surface area contributed by atoms with Gasteiger partial charge in [0, 0.05) is 24.1 Å². The van der Waals surface area contributed by atoms with Crippen LogP contribution in [-0.2, 0) is 6.61 Å². The summed E-state index contributed by atoms with van der Waals surface area (Å²) in [7, 11) is 0. The van der Waals surface area contributed by atoms with Gasteiger partial charge in [0.25, 0.3) is 0 Å². The van der Waals surface area contributed by atoms with Gasteiger partial charge in [-0.1, -0.05) is 35.9 Å². The van der Waals surface area contributed by atoms with E-state index in [0.29, 0.717) is 22.6 Å². The van der Waals surface area contributed by atoms with Crippen LogP contribution in [0.1, 0.15) is 5.56 Å². The Kier molecular flexibility index (Phi) is 5.18. The summed E-state index contributed by atoms with van der Waals surface area (Å²) in [4.78, 5) is 13.0. The minimum Gasteiger partial charge on any atom is -0.392 e. The van der Waals surface area contributed by atoms with Gasteiger partial charge in [-0.15, -0.1) is 0 Å². The van der Waals surface area contributed by atoms with E-state index in [1.165, 1.54) is 6.33 Å². The van der Waals surface area contributed by atoms with Crippen LogP contribution >= 0.6 is 11.6 Å². The van der Waals surface area contributed by atoms with Crippen molar-refractivity contribution in [1.29, 1.82) is 0 Å². The summed E-state index contributed by atoms with van der Waals surface area (Å²) in [6.07, 6.45) is 4.96. The fourth-order valence-electron chi connectivity index (χ4n) is 2.71. The summed E-state index contributed by atoms with van der Waals surface area (Å²) in [5.74, 6) is 1.85. The molecular formula is C20H17ClN6O. The zero-order valence-electron chi connectivity index (χ0n) is 14.7. The smallest absolute Gasteiger partial charge is 0.213 e. The van der Waals surface area contributed by atoms with Gasteiger partial charge in [0.05, 0.1) is 17.3 Å². The van der Waals surface area contributed by atoms with Gasteiger partial charge in [-0.25, -0.2) is 15.0 Å². The van der Waals surface area contributed by atoms with Crippen LogP contribution in [0.15, 0.2) is 73.3 Å². The lowest BCUT2D eigenvalue weighted by atomic mass is 10.2. The lowest BCUT2D eigenvalue weighted by Crippen LogP contribution is -2.05. The van der Waals surface area contributed by atoms with Crippen LogP contribution in [0.5, 0.6) is 0 Å². The molecule has 7 nitrogen and oxygen atoms in total. The lowest BCUT2D eigenvalue weighted by Gasteiger charge is -2.12. The molecule has 2 heterocycles. The Balaban J connectivity index is 1.60. The molecule has 0 saturated carbocycles. The van der Waals surface area contributed by atoms with E-state index in [-0.39, 0.29) is 6.61 Å². The van der Waals surface area contributed by atoms with E-state index in [1.54, 1.807) is 17.0 Å². The lowest BCUT2D eigenvalue weighted by molar-refractivity contribution is 0.282. The molecule has 0 fully saturated rings. The molecule has 140 valence electrons. The predicted molar refractivity (Wildman–Crippen MR) is 110 cm³/mol. The number of nitrogens with zero attached hydrogens (tertiary/aromatic N) is 4. The number of para-hydroxylation sites is 1. The first-order valence-electron chi connectivity index (χ1n) is 8.57. The molecule has 0 saturated heterocycles. The van der Waals surface area contributed by atoms with Crippen LogP contribution in [0.4, 0.5) is 23.1 Å².